The largest absolute Gasteiger partial charge is 0.479 e. The van der Waals surface area contributed by atoms with Gasteiger partial charge in [-0.2, -0.15) is 0 Å². The van der Waals surface area contributed by atoms with Gasteiger partial charge in [-0.15, -0.1) is 0 Å². The highest BCUT2D eigenvalue weighted by Crippen LogP contribution is 2.19. The van der Waals surface area contributed by atoms with Crippen LogP contribution in [0.2, 0.25) is 0 Å². The number of aryl methyl sites for hydroxylation is 1. The molecule has 1 aromatic heterocycles. The molecule has 0 saturated heterocycles. The first-order chi connectivity index (χ1) is 7.70. The molecule has 0 aliphatic heterocycles. The summed E-state index contributed by atoms with van der Waals surface area (Å²) in [7, 11) is 0. The summed E-state index contributed by atoms with van der Waals surface area (Å²) < 4.78 is 1.65. The molecule has 1 N–H and O–H groups in total. The molecule has 4 nitrogen and oxygen atoms in total. The second-order valence-corrected chi connectivity index (χ2v) is 3.53. The summed E-state index contributed by atoms with van der Waals surface area (Å²) in [6, 6.07) is 8.43. The van der Waals surface area contributed by atoms with Crippen molar-refractivity contribution in [3.63, 3.8) is 0 Å². The highest BCUT2D eigenvalue weighted by atomic mass is 16.4. The van der Waals surface area contributed by atoms with E-state index in [1.54, 1.807) is 36.0 Å². The number of carbonyl (C=O) groups is 1. The lowest BCUT2D eigenvalue weighted by molar-refractivity contribution is -0.139. The molecule has 2 aromatic rings. The Kier molecular flexibility index (Phi) is 2.72. The third-order valence-electron chi connectivity index (χ3n) is 2.49. The lowest BCUT2D eigenvalue weighted by Gasteiger charge is -2.15. The van der Waals surface area contributed by atoms with E-state index < -0.39 is 12.0 Å². The summed E-state index contributed by atoms with van der Waals surface area (Å²) in [6.45, 7) is 1.79. The fourth-order valence-electron chi connectivity index (χ4n) is 1.72. The van der Waals surface area contributed by atoms with E-state index in [1.165, 1.54) is 0 Å². The van der Waals surface area contributed by atoms with Crippen LogP contribution in [-0.2, 0) is 4.79 Å². The number of aliphatic carboxylic acids is 1. The number of nitrogens with zero attached hydrogens (tertiary/aromatic N) is 2. The van der Waals surface area contributed by atoms with E-state index in [0.29, 0.717) is 5.82 Å². The monoisotopic (exact) mass is 216 g/mol. The van der Waals surface area contributed by atoms with Crippen LogP contribution < -0.4 is 0 Å². The summed E-state index contributed by atoms with van der Waals surface area (Å²) in [4.78, 5) is 15.3. The van der Waals surface area contributed by atoms with Gasteiger partial charge in [0.05, 0.1) is 0 Å². The molecule has 0 aliphatic rings. The fourth-order valence-corrected chi connectivity index (χ4v) is 1.72. The molecule has 0 fully saturated rings. The van der Waals surface area contributed by atoms with Crippen LogP contribution in [0.3, 0.4) is 0 Å². The highest BCUT2D eigenvalue weighted by molar-refractivity contribution is 5.76. The van der Waals surface area contributed by atoms with Crippen molar-refractivity contribution < 1.29 is 9.90 Å². The molecule has 2 rings (SSSR count). The van der Waals surface area contributed by atoms with E-state index >= 15 is 0 Å². The first kappa shape index (κ1) is 10.4. The summed E-state index contributed by atoms with van der Waals surface area (Å²) in [5.74, 6) is -0.191. The number of benzene rings is 1. The Morgan fingerprint density at radius 2 is 2.06 bits per heavy atom. The molecule has 0 bridgehead atoms. The van der Waals surface area contributed by atoms with Crippen molar-refractivity contribution in [1.82, 2.24) is 9.55 Å². The number of hydrogen-bond donors (Lipinski definition) is 1. The van der Waals surface area contributed by atoms with Crippen LogP contribution in [0, 0.1) is 6.92 Å². The maximum atomic E-state index is 11.3. The fraction of sp³-hybridized carbons (Fsp3) is 0.167. The van der Waals surface area contributed by atoms with Gasteiger partial charge in [0.15, 0.2) is 6.04 Å². The summed E-state index contributed by atoms with van der Waals surface area (Å²) in [5.41, 5.74) is 0.746. The van der Waals surface area contributed by atoms with E-state index in [0.717, 1.165) is 5.56 Å². The van der Waals surface area contributed by atoms with Gasteiger partial charge in [-0.1, -0.05) is 30.3 Å². The Bertz CT molecular complexity index is 491. The first-order valence-electron chi connectivity index (χ1n) is 4.97. The Balaban J connectivity index is 2.48. The van der Waals surface area contributed by atoms with E-state index in [2.05, 4.69) is 4.98 Å². The number of carboxylic acid groups (broad SMARTS) is 1. The Hall–Kier alpha value is -2.10. The van der Waals surface area contributed by atoms with Gasteiger partial charge in [0.1, 0.15) is 5.82 Å². The van der Waals surface area contributed by atoms with Crippen LogP contribution in [-0.4, -0.2) is 20.6 Å². The van der Waals surface area contributed by atoms with Crippen molar-refractivity contribution >= 4 is 5.97 Å². The lowest BCUT2D eigenvalue weighted by Crippen LogP contribution is -2.20. The van der Waals surface area contributed by atoms with Gasteiger partial charge in [0.25, 0.3) is 0 Å². The van der Waals surface area contributed by atoms with Gasteiger partial charge < -0.3 is 9.67 Å². The van der Waals surface area contributed by atoms with E-state index in [1.807, 2.05) is 18.2 Å². The van der Waals surface area contributed by atoms with Crippen molar-refractivity contribution in [2.75, 3.05) is 0 Å². The van der Waals surface area contributed by atoms with Gasteiger partial charge in [-0.25, -0.2) is 9.78 Å². The summed E-state index contributed by atoms with van der Waals surface area (Å²) >= 11 is 0. The molecule has 0 radical (unpaired) electrons. The molecule has 1 atom stereocenters. The van der Waals surface area contributed by atoms with E-state index in [4.69, 9.17) is 0 Å². The molecule has 1 aromatic carbocycles. The van der Waals surface area contributed by atoms with Crippen LogP contribution in [0.15, 0.2) is 42.7 Å². The Morgan fingerprint density at radius 1 is 1.38 bits per heavy atom. The topological polar surface area (TPSA) is 55.1 Å². The molecule has 4 heteroatoms. The number of carboxylic acids is 1. The molecule has 0 saturated carbocycles. The average Bonchev–Trinajstić information content (AvgIpc) is 2.66. The standard InChI is InChI=1S/C12H12N2O2/c1-9-13-7-8-14(9)11(12(15)16)10-5-3-2-4-6-10/h2-8,11H,1H3,(H,15,16). The lowest BCUT2D eigenvalue weighted by atomic mass is 10.1. The first-order valence-corrected chi connectivity index (χ1v) is 4.97. The Morgan fingerprint density at radius 3 is 2.56 bits per heavy atom. The second-order valence-electron chi connectivity index (χ2n) is 3.53. The minimum Gasteiger partial charge on any atom is -0.479 e. The molecular formula is C12H12N2O2. The van der Waals surface area contributed by atoms with Gasteiger partial charge >= 0.3 is 5.97 Å². The van der Waals surface area contributed by atoms with Gasteiger partial charge in [-0.3, -0.25) is 0 Å². The average molecular weight is 216 g/mol. The maximum absolute atomic E-state index is 11.3. The molecule has 82 valence electrons. The predicted octanol–water partition coefficient (Wildman–Crippen LogP) is 1.87. The molecule has 16 heavy (non-hydrogen) atoms. The zero-order valence-electron chi connectivity index (χ0n) is 8.87. The minimum atomic E-state index is -0.882. The van der Waals surface area contributed by atoms with Crippen LogP contribution in [0.25, 0.3) is 0 Å². The van der Waals surface area contributed by atoms with E-state index in [9.17, 15) is 9.90 Å². The third kappa shape index (κ3) is 1.82. The quantitative estimate of drug-likeness (QED) is 0.852. The number of imidazole rings is 1. The smallest absolute Gasteiger partial charge is 0.331 e. The van der Waals surface area contributed by atoms with Crippen molar-refractivity contribution in [1.29, 1.82) is 0 Å². The molecule has 0 amide bonds. The zero-order valence-corrected chi connectivity index (χ0v) is 8.87. The van der Waals surface area contributed by atoms with Crippen molar-refractivity contribution in [3.05, 3.63) is 54.1 Å². The van der Waals surface area contributed by atoms with Crippen molar-refractivity contribution in [2.24, 2.45) is 0 Å². The van der Waals surface area contributed by atoms with Gasteiger partial charge in [0.2, 0.25) is 0 Å². The van der Waals surface area contributed by atoms with Crippen LogP contribution in [0.1, 0.15) is 17.4 Å². The van der Waals surface area contributed by atoms with Crippen molar-refractivity contribution in [3.8, 4) is 0 Å². The van der Waals surface area contributed by atoms with Crippen molar-refractivity contribution in [2.45, 2.75) is 13.0 Å². The highest BCUT2D eigenvalue weighted by Gasteiger charge is 2.22. The number of rotatable bonds is 3. The summed E-state index contributed by atoms with van der Waals surface area (Å²) in [6.07, 6.45) is 3.29. The van der Waals surface area contributed by atoms with Crippen LogP contribution >= 0.6 is 0 Å². The van der Waals surface area contributed by atoms with Crippen LogP contribution in [0.4, 0.5) is 0 Å². The normalized spacial score (nSPS) is 12.3. The third-order valence-corrected chi connectivity index (χ3v) is 2.49. The predicted molar refractivity (Wildman–Crippen MR) is 59.2 cm³/mol. The van der Waals surface area contributed by atoms with Gasteiger partial charge in [-0.05, 0) is 12.5 Å². The number of aromatic nitrogens is 2. The molecule has 1 unspecified atom stereocenters. The molecule has 1 heterocycles. The Labute approximate surface area is 93.2 Å². The number of hydrogen-bond acceptors (Lipinski definition) is 2. The van der Waals surface area contributed by atoms with E-state index in [-0.39, 0.29) is 0 Å². The molecular weight excluding hydrogens is 204 g/mol. The minimum absolute atomic E-state index is 0.691. The van der Waals surface area contributed by atoms with Gasteiger partial charge in [0, 0.05) is 12.4 Å². The maximum Gasteiger partial charge on any atom is 0.331 e. The summed E-state index contributed by atoms with van der Waals surface area (Å²) in [5, 5.41) is 9.27. The second kappa shape index (κ2) is 4.18. The molecule has 0 aliphatic carbocycles. The zero-order chi connectivity index (χ0) is 11.5. The van der Waals surface area contributed by atoms with Crippen LogP contribution in [0.5, 0.6) is 0 Å². The SMILES string of the molecule is Cc1nccn1C(C(=O)O)c1ccccc1. The molecule has 0 spiro atoms.